The summed E-state index contributed by atoms with van der Waals surface area (Å²) in [6.07, 6.45) is 3.26. The van der Waals surface area contributed by atoms with Gasteiger partial charge in [-0.05, 0) is 17.7 Å². The molecule has 100 valence electrons. The molecule has 2 rings (SSSR count). The second-order valence-electron chi connectivity index (χ2n) is 3.99. The Labute approximate surface area is 109 Å². The second-order valence-corrected chi connectivity index (χ2v) is 3.99. The molecule has 0 aliphatic carbocycles. The van der Waals surface area contributed by atoms with E-state index < -0.39 is 11.8 Å². The van der Waals surface area contributed by atoms with Crippen LogP contribution in [0.1, 0.15) is 6.42 Å². The normalized spacial score (nSPS) is 10.4. The van der Waals surface area contributed by atoms with Gasteiger partial charge in [-0.25, -0.2) is 4.39 Å². The van der Waals surface area contributed by atoms with E-state index in [4.69, 9.17) is 9.84 Å². The number of methoxy groups -OCH3 is 1. The van der Waals surface area contributed by atoms with E-state index in [9.17, 15) is 9.18 Å². The van der Waals surface area contributed by atoms with Gasteiger partial charge in [0.15, 0.2) is 11.6 Å². The molecule has 19 heavy (non-hydrogen) atoms. The number of hydrogen-bond acceptors (Lipinski definition) is 3. The zero-order chi connectivity index (χ0) is 13.8. The molecule has 0 saturated carbocycles. The standard InChI is InChI=1S/C13H13FN2O3/c1-19-12-3-2-9(6-11(12)14)10-7-15-16(8-10)5-4-13(17)18/h2-3,6-8H,4-5H2,1H3,(H,17,18). The first-order chi connectivity index (χ1) is 9.10. The van der Waals surface area contributed by atoms with Crippen molar-refractivity contribution >= 4 is 5.97 Å². The van der Waals surface area contributed by atoms with E-state index in [0.717, 1.165) is 5.56 Å². The van der Waals surface area contributed by atoms with Crippen molar-refractivity contribution < 1.29 is 19.0 Å². The Morgan fingerprint density at radius 1 is 1.47 bits per heavy atom. The van der Waals surface area contributed by atoms with Gasteiger partial charge in [0.2, 0.25) is 0 Å². The summed E-state index contributed by atoms with van der Waals surface area (Å²) < 4.78 is 19.9. The Kier molecular flexibility index (Phi) is 3.79. The van der Waals surface area contributed by atoms with E-state index in [1.807, 2.05) is 0 Å². The van der Waals surface area contributed by atoms with Crippen molar-refractivity contribution in [1.82, 2.24) is 9.78 Å². The summed E-state index contributed by atoms with van der Waals surface area (Å²) in [6.45, 7) is 0.286. The van der Waals surface area contributed by atoms with Crippen molar-refractivity contribution in [1.29, 1.82) is 0 Å². The Hall–Kier alpha value is -2.37. The fourth-order valence-electron chi connectivity index (χ4n) is 1.69. The molecule has 0 radical (unpaired) electrons. The number of aliphatic carboxylic acids is 1. The highest BCUT2D eigenvalue weighted by Crippen LogP contribution is 2.25. The Bertz CT molecular complexity index is 595. The molecule has 0 bridgehead atoms. The molecule has 1 heterocycles. The number of carbonyl (C=O) groups is 1. The third-order valence-electron chi connectivity index (χ3n) is 2.67. The molecular weight excluding hydrogens is 251 g/mol. The molecule has 0 unspecified atom stereocenters. The molecule has 0 fully saturated rings. The Morgan fingerprint density at radius 3 is 2.89 bits per heavy atom. The maximum atomic E-state index is 13.6. The second kappa shape index (κ2) is 5.51. The van der Waals surface area contributed by atoms with Crippen LogP contribution in [0.3, 0.4) is 0 Å². The number of carboxylic acid groups (broad SMARTS) is 1. The maximum Gasteiger partial charge on any atom is 0.305 e. The van der Waals surface area contributed by atoms with Gasteiger partial charge in [-0.1, -0.05) is 6.07 Å². The molecule has 0 atom stereocenters. The van der Waals surface area contributed by atoms with Crippen molar-refractivity contribution in [2.24, 2.45) is 0 Å². The topological polar surface area (TPSA) is 64.4 Å². The van der Waals surface area contributed by atoms with Crippen LogP contribution in [0.2, 0.25) is 0 Å². The van der Waals surface area contributed by atoms with Crippen molar-refractivity contribution in [2.45, 2.75) is 13.0 Å². The van der Waals surface area contributed by atoms with Crippen molar-refractivity contribution in [2.75, 3.05) is 7.11 Å². The lowest BCUT2D eigenvalue weighted by Crippen LogP contribution is -2.04. The lowest BCUT2D eigenvalue weighted by Gasteiger charge is -2.03. The molecule has 0 amide bonds. The van der Waals surface area contributed by atoms with Gasteiger partial charge in [0.05, 0.1) is 26.3 Å². The van der Waals surface area contributed by atoms with E-state index in [2.05, 4.69) is 5.10 Å². The van der Waals surface area contributed by atoms with Crippen LogP contribution in [0.25, 0.3) is 11.1 Å². The number of ether oxygens (including phenoxy) is 1. The number of halogens is 1. The molecule has 1 aromatic heterocycles. The van der Waals surface area contributed by atoms with Gasteiger partial charge in [-0.3, -0.25) is 9.48 Å². The van der Waals surface area contributed by atoms with Crippen LogP contribution in [-0.2, 0) is 11.3 Å². The number of rotatable bonds is 5. The quantitative estimate of drug-likeness (QED) is 0.898. The summed E-state index contributed by atoms with van der Waals surface area (Å²) in [5.41, 5.74) is 1.40. The zero-order valence-electron chi connectivity index (χ0n) is 10.3. The van der Waals surface area contributed by atoms with Crippen LogP contribution in [0, 0.1) is 5.82 Å². The zero-order valence-corrected chi connectivity index (χ0v) is 10.3. The highest BCUT2D eigenvalue weighted by Gasteiger charge is 2.07. The van der Waals surface area contributed by atoms with E-state index in [1.165, 1.54) is 17.9 Å². The van der Waals surface area contributed by atoms with Crippen LogP contribution >= 0.6 is 0 Å². The molecule has 1 N–H and O–H groups in total. The summed E-state index contributed by atoms with van der Waals surface area (Å²) in [7, 11) is 1.40. The highest BCUT2D eigenvalue weighted by atomic mass is 19.1. The largest absolute Gasteiger partial charge is 0.494 e. The first-order valence-electron chi connectivity index (χ1n) is 5.68. The number of aromatic nitrogens is 2. The van der Waals surface area contributed by atoms with E-state index in [1.54, 1.807) is 24.5 Å². The van der Waals surface area contributed by atoms with Gasteiger partial charge in [-0.15, -0.1) is 0 Å². The third kappa shape index (κ3) is 3.09. The fourth-order valence-corrected chi connectivity index (χ4v) is 1.69. The number of benzene rings is 1. The van der Waals surface area contributed by atoms with Gasteiger partial charge in [0, 0.05) is 11.8 Å². The number of nitrogens with zero attached hydrogens (tertiary/aromatic N) is 2. The number of carboxylic acids is 1. The average Bonchev–Trinajstić information content (AvgIpc) is 2.85. The molecule has 6 heteroatoms. The van der Waals surface area contributed by atoms with Crippen LogP contribution in [0.15, 0.2) is 30.6 Å². The highest BCUT2D eigenvalue weighted by molar-refractivity contribution is 5.66. The summed E-state index contributed by atoms with van der Waals surface area (Å²) >= 11 is 0. The first kappa shape index (κ1) is 13.1. The predicted molar refractivity (Wildman–Crippen MR) is 66.4 cm³/mol. The van der Waals surface area contributed by atoms with Gasteiger partial charge in [-0.2, -0.15) is 5.10 Å². The van der Waals surface area contributed by atoms with Gasteiger partial charge in [0.25, 0.3) is 0 Å². The van der Waals surface area contributed by atoms with Crippen LogP contribution in [0.5, 0.6) is 5.75 Å². The van der Waals surface area contributed by atoms with Crippen LogP contribution in [-0.4, -0.2) is 28.0 Å². The number of aryl methyl sites for hydroxylation is 1. The summed E-state index contributed by atoms with van der Waals surface area (Å²) in [5.74, 6) is -1.15. The van der Waals surface area contributed by atoms with Crippen LogP contribution in [0.4, 0.5) is 4.39 Å². The summed E-state index contributed by atoms with van der Waals surface area (Å²) in [5, 5.41) is 12.6. The molecule has 0 aliphatic heterocycles. The average molecular weight is 264 g/mol. The van der Waals surface area contributed by atoms with Crippen molar-refractivity contribution in [3.63, 3.8) is 0 Å². The summed E-state index contributed by atoms with van der Waals surface area (Å²) in [4.78, 5) is 10.5. The monoisotopic (exact) mass is 264 g/mol. The fraction of sp³-hybridized carbons (Fsp3) is 0.231. The Morgan fingerprint density at radius 2 is 2.26 bits per heavy atom. The van der Waals surface area contributed by atoms with Crippen molar-refractivity contribution in [3.8, 4) is 16.9 Å². The minimum absolute atomic E-state index is 0.00189. The van der Waals surface area contributed by atoms with Gasteiger partial charge >= 0.3 is 5.97 Å². The predicted octanol–water partition coefficient (Wildman–Crippen LogP) is 2.17. The minimum Gasteiger partial charge on any atom is -0.494 e. The molecule has 0 spiro atoms. The minimum atomic E-state index is -0.882. The van der Waals surface area contributed by atoms with Gasteiger partial charge < -0.3 is 9.84 Å². The van der Waals surface area contributed by atoms with Crippen molar-refractivity contribution in [3.05, 3.63) is 36.4 Å². The molecule has 0 saturated heterocycles. The molecule has 5 nitrogen and oxygen atoms in total. The number of hydrogen-bond donors (Lipinski definition) is 1. The van der Waals surface area contributed by atoms with E-state index >= 15 is 0 Å². The molecular formula is C13H13FN2O3. The lowest BCUT2D eigenvalue weighted by atomic mass is 10.1. The SMILES string of the molecule is COc1ccc(-c2cnn(CCC(=O)O)c2)cc1F. The first-order valence-corrected chi connectivity index (χ1v) is 5.68. The third-order valence-corrected chi connectivity index (χ3v) is 2.67. The van der Waals surface area contributed by atoms with Crippen LogP contribution < -0.4 is 4.74 Å². The maximum absolute atomic E-state index is 13.6. The van der Waals surface area contributed by atoms with E-state index in [0.29, 0.717) is 5.56 Å². The molecule has 1 aromatic carbocycles. The lowest BCUT2D eigenvalue weighted by molar-refractivity contribution is -0.137. The Balaban J connectivity index is 2.18. The molecule has 2 aromatic rings. The summed E-state index contributed by atoms with van der Waals surface area (Å²) in [6, 6.07) is 4.62. The molecule has 0 aliphatic rings. The van der Waals surface area contributed by atoms with E-state index in [-0.39, 0.29) is 18.7 Å². The van der Waals surface area contributed by atoms with Gasteiger partial charge in [0.1, 0.15) is 0 Å². The smallest absolute Gasteiger partial charge is 0.305 e.